The van der Waals surface area contributed by atoms with Crippen molar-refractivity contribution in [2.45, 2.75) is 38.8 Å². The molecule has 0 aliphatic carbocycles. The van der Waals surface area contributed by atoms with Crippen LogP contribution in [-0.4, -0.2) is 34.1 Å². The fraction of sp³-hybridized carbons (Fsp3) is 0.533. The molecule has 4 nitrogen and oxygen atoms in total. The highest BCUT2D eigenvalue weighted by atomic mass is 15.2. The van der Waals surface area contributed by atoms with E-state index in [0.29, 0.717) is 18.0 Å². The molecule has 3 rings (SSSR count). The molecule has 2 heterocycles. The van der Waals surface area contributed by atoms with E-state index in [9.17, 15) is 0 Å². The van der Waals surface area contributed by atoms with E-state index in [0.717, 1.165) is 24.9 Å². The predicted octanol–water partition coefficient (Wildman–Crippen LogP) is 2.58. The Hall–Kier alpha value is -1.55. The van der Waals surface area contributed by atoms with Gasteiger partial charge in [-0.1, -0.05) is 12.1 Å². The highest BCUT2D eigenvalue weighted by Gasteiger charge is 2.26. The van der Waals surface area contributed by atoms with Gasteiger partial charge in [-0.3, -0.25) is 0 Å². The van der Waals surface area contributed by atoms with Crippen molar-refractivity contribution in [3.8, 4) is 0 Å². The first kappa shape index (κ1) is 12.5. The van der Waals surface area contributed by atoms with E-state index in [-0.39, 0.29) is 0 Å². The molecule has 0 bridgehead atoms. The second-order valence-corrected chi connectivity index (χ2v) is 5.79. The lowest BCUT2D eigenvalue weighted by molar-refractivity contribution is 0.159. The molecule has 2 atom stereocenters. The van der Waals surface area contributed by atoms with Gasteiger partial charge in [0, 0.05) is 18.6 Å². The molecule has 2 unspecified atom stereocenters. The maximum absolute atomic E-state index is 6.17. The number of likely N-dealkylation sites (tertiary alicyclic amines) is 1. The van der Waals surface area contributed by atoms with Crippen molar-refractivity contribution in [2.24, 2.45) is 0 Å². The summed E-state index contributed by atoms with van der Waals surface area (Å²) >= 11 is 0. The first-order chi connectivity index (χ1) is 9.08. The lowest BCUT2D eigenvalue weighted by Gasteiger charge is -2.36. The van der Waals surface area contributed by atoms with E-state index in [1.54, 1.807) is 0 Å². The molecule has 1 saturated heterocycles. The molecule has 0 amide bonds. The van der Waals surface area contributed by atoms with Gasteiger partial charge in [0.25, 0.3) is 0 Å². The molecule has 19 heavy (non-hydrogen) atoms. The van der Waals surface area contributed by atoms with Crippen molar-refractivity contribution < 1.29 is 0 Å². The molecule has 102 valence electrons. The number of imidazole rings is 1. The molecule has 1 aliphatic heterocycles. The second kappa shape index (κ2) is 4.53. The van der Waals surface area contributed by atoms with Gasteiger partial charge in [-0.2, -0.15) is 0 Å². The average molecular weight is 258 g/mol. The number of fused-ring (bicyclic) bond motifs is 1. The fourth-order valence-electron chi connectivity index (χ4n) is 3.21. The number of aromatic nitrogens is 2. The van der Waals surface area contributed by atoms with Gasteiger partial charge in [-0.15, -0.1) is 0 Å². The monoisotopic (exact) mass is 258 g/mol. The number of anilines is 1. The Labute approximate surface area is 114 Å². The van der Waals surface area contributed by atoms with Gasteiger partial charge >= 0.3 is 0 Å². The third-order valence-electron chi connectivity index (χ3n) is 4.48. The van der Waals surface area contributed by atoms with Crippen molar-refractivity contribution in [1.29, 1.82) is 0 Å². The van der Waals surface area contributed by atoms with Crippen molar-refractivity contribution in [2.75, 3.05) is 19.3 Å². The summed E-state index contributed by atoms with van der Waals surface area (Å²) in [5.41, 5.74) is 9.66. The minimum atomic E-state index is 0.470. The average Bonchev–Trinajstić information content (AvgIpc) is 2.70. The first-order valence-corrected chi connectivity index (χ1v) is 7.01. The van der Waals surface area contributed by atoms with Crippen LogP contribution in [0.5, 0.6) is 0 Å². The van der Waals surface area contributed by atoms with Crippen LogP contribution < -0.4 is 5.73 Å². The van der Waals surface area contributed by atoms with Gasteiger partial charge in [0.1, 0.15) is 0 Å². The number of nitrogen functional groups attached to an aromatic ring is 1. The summed E-state index contributed by atoms with van der Waals surface area (Å²) in [7, 11) is 2.20. The highest BCUT2D eigenvalue weighted by molar-refractivity contribution is 5.81. The zero-order valence-electron chi connectivity index (χ0n) is 11.9. The number of aryl methyl sites for hydroxylation is 1. The summed E-state index contributed by atoms with van der Waals surface area (Å²) in [5.74, 6) is 0.658. The van der Waals surface area contributed by atoms with E-state index >= 15 is 0 Å². The van der Waals surface area contributed by atoms with Crippen molar-refractivity contribution >= 4 is 17.0 Å². The number of nitrogens with two attached hydrogens (primary N) is 1. The number of piperidine rings is 1. The lowest BCUT2D eigenvalue weighted by atomic mass is 9.98. The van der Waals surface area contributed by atoms with Gasteiger partial charge in [0.15, 0.2) is 0 Å². The zero-order valence-corrected chi connectivity index (χ0v) is 11.9. The minimum Gasteiger partial charge on any atom is -0.369 e. The van der Waals surface area contributed by atoms with E-state index < -0.39 is 0 Å². The molecule has 1 aromatic carbocycles. The van der Waals surface area contributed by atoms with Crippen LogP contribution in [0.1, 0.15) is 31.4 Å². The first-order valence-electron chi connectivity index (χ1n) is 7.01. The highest BCUT2D eigenvalue weighted by Crippen LogP contribution is 2.33. The standard InChI is InChI=1S/C15H22N4/c1-10-5-4-6-13-14(10)19(15(16)17-13)12-7-8-18(3)11(2)9-12/h4-6,11-12H,7-9H2,1-3H3,(H2,16,17). The van der Waals surface area contributed by atoms with E-state index in [2.05, 4.69) is 41.4 Å². The van der Waals surface area contributed by atoms with Crippen LogP contribution in [-0.2, 0) is 0 Å². The number of benzene rings is 1. The Morgan fingerprint density at radius 2 is 2.16 bits per heavy atom. The smallest absolute Gasteiger partial charge is 0.201 e. The Bertz CT molecular complexity index is 601. The normalized spacial score (nSPS) is 25.0. The number of hydrogen-bond acceptors (Lipinski definition) is 3. The third-order valence-corrected chi connectivity index (χ3v) is 4.48. The third kappa shape index (κ3) is 2.00. The summed E-state index contributed by atoms with van der Waals surface area (Å²) in [6.45, 7) is 5.55. The molecular weight excluding hydrogens is 236 g/mol. The SMILES string of the molecule is Cc1cccc2nc(N)n(C3CCN(C)C(C)C3)c12. The quantitative estimate of drug-likeness (QED) is 0.855. The van der Waals surface area contributed by atoms with Gasteiger partial charge in [0.2, 0.25) is 5.95 Å². The number of rotatable bonds is 1. The largest absolute Gasteiger partial charge is 0.369 e. The van der Waals surface area contributed by atoms with Crippen LogP contribution in [0.4, 0.5) is 5.95 Å². The van der Waals surface area contributed by atoms with Crippen LogP contribution in [0.3, 0.4) is 0 Å². The van der Waals surface area contributed by atoms with Gasteiger partial charge in [0.05, 0.1) is 11.0 Å². The molecule has 4 heteroatoms. The summed E-state index contributed by atoms with van der Waals surface area (Å²) in [6.07, 6.45) is 2.28. The van der Waals surface area contributed by atoms with Gasteiger partial charge in [-0.25, -0.2) is 4.98 Å². The summed E-state index contributed by atoms with van der Waals surface area (Å²) in [5, 5.41) is 0. The number of nitrogens with zero attached hydrogens (tertiary/aromatic N) is 3. The minimum absolute atomic E-state index is 0.470. The van der Waals surface area contributed by atoms with Crippen LogP contribution in [0.15, 0.2) is 18.2 Å². The lowest BCUT2D eigenvalue weighted by Crippen LogP contribution is -2.38. The van der Waals surface area contributed by atoms with Crippen molar-refractivity contribution in [3.05, 3.63) is 23.8 Å². The van der Waals surface area contributed by atoms with Gasteiger partial charge in [-0.05, 0) is 45.4 Å². The van der Waals surface area contributed by atoms with E-state index in [1.165, 1.54) is 11.1 Å². The maximum Gasteiger partial charge on any atom is 0.201 e. The van der Waals surface area contributed by atoms with E-state index in [4.69, 9.17) is 5.73 Å². The Morgan fingerprint density at radius 1 is 1.37 bits per heavy atom. The topological polar surface area (TPSA) is 47.1 Å². The van der Waals surface area contributed by atoms with Crippen LogP contribution in [0.25, 0.3) is 11.0 Å². The van der Waals surface area contributed by atoms with E-state index in [1.807, 2.05) is 12.1 Å². The molecule has 2 aromatic rings. The Balaban J connectivity index is 2.07. The summed E-state index contributed by atoms with van der Waals surface area (Å²) in [6, 6.07) is 7.30. The zero-order chi connectivity index (χ0) is 13.6. The fourth-order valence-corrected chi connectivity index (χ4v) is 3.21. The van der Waals surface area contributed by atoms with Crippen LogP contribution in [0, 0.1) is 6.92 Å². The summed E-state index contributed by atoms with van der Waals surface area (Å²) < 4.78 is 2.26. The maximum atomic E-state index is 6.17. The Morgan fingerprint density at radius 3 is 2.89 bits per heavy atom. The number of para-hydroxylation sites is 1. The molecular formula is C15H22N4. The molecule has 0 spiro atoms. The molecule has 0 saturated carbocycles. The molecule has 0 radical (unpaired) electrons. The Kier molecular flexibility index (Phi) is 2.97. The summed E-state index contributed by atoms with van der Waals surface area (Å²) in [4.78, 5) is 6.94. The molecule has 2 N–H and O–H groups in total. The van der Waals surface area contributed by atoms with Crippen molar-refractivity contribution in [1.82, 2.24) is 14.5 Å². The van der Waals surface area contributed by atoms with Crippen molar-refractivity contribution in [3.63, 3.8) is 0 Å². The predicted molar refractivity (Wildman–Crippen MR) is 79.2 cm³/mol. The molecule has 1 fully saturated rings. The molecule has 1 aromatic heterocycles. The van der Waals surface area contributed by atoms with Crippen LogP contribution in [0.2, 0.25) is 0 Å². The van der Waals surface area contributed by atoms with Crippen LogP contribution >= 0.6 is 0 Å². The van der Waals surface area contributed by atoms with Gasteiger partial charge < -0.3 is 15.2 Å². The second-order valence-electron chi connectivity index (χ2n) is 5.79. The molecule has 1 aliphatic rings. The number of hydrogen-bond donors (Lipinski definition) is 1.